The first-order valence-corrected chi connectivity index (χ1v) is 10.3. The van der Waals surface area contributed by atoms with Gasteiger partial charge in [0.2, 0.25) is 0 Å². The number of methoxy groups -OCH3 is 1. The van der Waals surface area contributed by atoms with Crippen LogP contribution in [-0.4, -0.2) is 40.4 Å². The predicted molar refractivity (Wildman–Crippen MR) is 112 cm³/mol. The maximum Gasteiger partial charge on any atom is 0.191 e. The molecule has 152 valence electrons. The van der Waals surface area contributed by atoms with Gasteiger partial charge in [-0.25, -0.2) is 4.99 Å². The van der Waals surface area contributed by atoms with Gasteiger partial charge < -0.3 is 19.9 Å². The number of rotatable bonds is 8. The smallest absolute Gasteiger partial charge is 0.191 e. The highest BCUT2D eigenvalue weighted by Crippen LogP contribution is 2.17. The molecular formula is C21H32N6O. The molecule has 0 spiro atoms. The largest absolute Gasteiger partial charge is 0.497 e. The Hall–Kier alpha value is -2.57. The van der Waals surface area contributed by atoms with E-state index in [9.17, 15) is 0 Å². The summed E-state index contributed by atoms with van der Waals surface area (Å²) in [4.78, 5) is 4.82. The van der Waals surface area contributed by atoms with Crippen molar-refractivity contribution in [1.29, 1.82) is 0 Å². The van der Waals surface area contributed by atoms with Crippen molar-refractivity contribution >= 4 is 5.96 Å². The fourth-order valence-electron chi connectivity index (χ4n) is 3.57. The minimum absolute atomic E-state index is 0.506. The lowest BCUT2D eigenvalue weighted by Crippen LogP contribution is -2.45. The van der Waals surface area contributed by atoms with E-state index in [1.54, 1.807) is 13.4 Å². The van der Waals surface area contributed by atoms with E-state index < -0.39 is 0 Å². The van der Waals surface area contributed by atoms with Crippen molar-refractivity contribution in [3.63, 3.8) is 0 Å². The Labute approximate surface area is 167 Å². The van der Waals surface area contributed by atoms with Gasteiger partial charge in [0.15, 0.2) is 5.96 Å². The molecule has 0 unspecified atom stereocenters. The number of hydrogen-bond donors (Lipinski definition) is 2. The van der Waals surface area contributed by atoms with Gasteiger partial charge in [-0.1, -0.05) is 38.3 Å². The van der Waals surface area contributed by atoms with Crippen molar-refractivity contribution in [2.24, 2.45) is 4.99 Å². The standard InChI is InChI=1S/C21H32N6O/c1-3-20-26-24-16-27(20)13-12-22-21(25-18-9-5-4-6-10-18)23-15-17-8-7-11-19(14-17)28-2/h7-8,11,14,16,18H,3-6,9-10,12-13,15H2,1-2H3,(H2,22,23,25). The maximum absolute atomic E-state index is 5.32. The summed E-state index contributed by atoms with van der Waals surface area (Å²) >= 11 is 0. The molecule has 7 heteroatoms. The molecule has 28 heavy (non-hydrogen) atoms. The molecular weight excluding hydrogens is 352 g/mol. The molecule has 0 bridgehead atoms. The normalized spacial score (nSPS) is 15.4. The SMILES string of the molecule is CCc1nncn1CCNC(=NCc1cccc(OC)c1)NC1CCCCC1. The van der Waals surface area contributed by atoms with E-state index in [1.165, 1.54) is 32.1 Å². The molecule has 1 heterocycles. The number of benzene rings is 1. The first-order chi connectivity index (χ1) is 13.8. The number of ether oxygens (including phenoxy) is 1. The van der Waals surface area contributed by atoms with Gasteiger partial charge in [-0.05, 0) is 30.5 Å². The molecule has 0 aliphatic heterocycles. The zero-order chi connectivity index (χ0) is 19.6. The number of nitrogens with one attached hydrogen (secondary N) is 2. The second kappa shape index (κ2) is 10.7. The Bertz CT molecular complexity index is 751. The number of aromatic nitrogens is 3. The van der Waals surface area contributed by atoms with E-state index in [0.717, 1.165) is 42.6 Å². The molecule has 0 saturated heterocycles. The summed E-state index contributed by atoms with van der Waals surface area (Å²) < 4.78 is 7.41. The lowest BCUT2D eigenvalue weighted by atomic mass is 9.96. The van der Waals surface area contributed by atoms with E-state index in [1.807, 2.05) is 18.2 Å². The van der Waals surface area contributed by atoms with Gasteiger partial charge in [-0.15, -0.1) is 10.2 Å². The minimum atomic E-state index is 0.506. The van der Waals surface area contributed by atoms with Crippen molar-refractivity contribution in [2.75, 3.05) is 13.7 Å². The molecule has 2 N–H and O–H groups in total. The highest BCUT2D eigenvalue weighted by molar-refractivity contribution is 5.80. The van der Waals surface area contributed by atoms with Crippen molar-refractivity contribution < 1.29 is 4.74 Å². The molecule has 1 saturated carbocycles. The van der Waals surface area contributed by atoms with Crippen LogP contribution in [0, 0.1) is 0 Å². The van der Waals surface area contributed by atoms with Crippen LogP contribution in [0.3, 0.4) is 0 Å². The number of nitrogens with zero attached hydrogens (tertiary/aromatic N) is 4. The third-order valence-electron chi connectivity index (χ3n) is 5.16. The quantitative estimate of drug-likeness (QED) is 0.541. The summed E-state index contributed by atoms with van der Waals surface area (Å²) in [6.07, 6.45) is 9.04. The van der Waals surface area contributed by atoms with Gasteiger partial charge in [-0.2, -0.15) is 0 Å². The number of guanidine groups is 1. The zero-order valence-electron chi connectivity index (χ0n) is 17.0. The van der Waals surface area contributed by atoms with Crippen LogP contribution in [0.2, 0.25) is 0 Å². The van der Waals surface area contributed by atoms with Crippen LogP contribution in [0.15, 0.2) is 35.6 Å². The molecule has 1 aromatic heterocycles. The second-order valence-corrected chi connectivity index (χ2v) is 7.22. The van der Waals surface area contributed by atoms with Crippen LogP contribution >= 0.6 is 0 Å². The van der Waals surface area contributed by atoms with Crippen LogP contribution in [0.5, 0.6) is 5.75 Å². The number of hydrogen-bond acceptors (Lipinski definition) is 4. The van der Waals surface area contributed by atoms with Crippen LogP contribution in [0.4, 0.5) is 0 Å². The highest BCUT2D eigenvalue weighted by atomic mass is 16.5. The highest BCUT2D eigenvalue weighted by Gasteiger charge is 2.14. The van der Waals surface area contributed by atoms with Crippen molar-refractivity contribution in [3.8, 4) is 5.75 Å². The van der Waals surface area contributed by atoms with E-state index >= 15 is 0 Å². The van der Waals surface area contributed by atoms with E-state index in [2.05, 4.69) is 38.4 Å². The Kier molecular flexibility index (Phi) is 7.70. The monoisotopic (exact) mass is 384 g/mol. The van der Waals surface area contributed by atoms with Crippen molar-refractivity contribution in [3.05, 3.63) is 42.0 Å². The topological polar surface area (TPSA) is 76.4 Å². The molecule has 7 nitrogen and oxygen atoms in total. The maximum atomic E-state index is 5.32. The first-order valence-electron chi connectivity index (χ1n) is 10.3. The summed E-state index contributed by atoms with van der Waals surface area (Å²) in [5.41, 5.74) is 1.14. The average molecular weight is 385 g/mol. The lowest BCUT2D eigenvalue weighted by Gasteiger charge is -2.25. The van der Waals surface area contributed by atoms with Gasteiger partial charge in [0, 0.05) is 25.6 Å². The predicted octanol–water partition coefficient (Wildman–Crippen LogP) is 2.92. The van der Waals surface area contributed by atoms with Gasteiger partial charge in [0.25, 0.3) is 0 Å². The Morgan fingerprint density at radius 1 is 1.29 bits per heavy atom. The molecule has 0 amide bonds. The van der Waals surface area contributed by atoms with Crippen molar-refractivity contribution in [1.82, 2.24) is 25.4 Å². The first kappa shape index (κ1) is 20.2. The van der Waals surface area contributed by atoms with E-state index in [-0.39, 0.29) is 0 Å². The summed E-state index contributed by atoms with van der Waals surface area (Å²) in [7, 11) is 1.69. The molecule has 0 atom stereocenters. The van der Waals surface area contributed by atoms with Gasteiger partial charge in [0.1, 0.15) is 17.9 Å². The van der Waals surface area contributed by atoms with Gasteiger partial charge in [0.05, 0.1) is 13.7 Å². The van der Waals surface area contributed by atoms with Gasteiger partial charge in [-0.3, -0.25) is 0 Å². The summed E-state index contributed by atoms with van der Waals surface area (Å²) in [6.45, 7) is 4.31. The third-order valence-corrected chi connectivity index (χ3v) is 5.16. The summed E-state index contributed by atoms with van der Waals surface area (Å²) in [5.74, 6) is 2.75. The molecule has 1 aliphatic carbocycles. The van der Waals surface area contributed by atoms with Crippen LogP contribution < -0.4 is 15.4 Å². The van der Waals surface area contributed by atoms with E-state index in [0.29, 0.717) is 12.6 Å². The average Bonchev–Trinajstić information content (AvgIpc) is 3.20. The van der Waals surface area contributed by atoms with Crippen LogP contribution in [0.1, 0.15) is 50.4 Å². The number of aliphatic imine (C=N–C) groups is 1. The fraction of sp³-hybridized carbons (Fsp3) is 0.571. The molecule has 1 aromatic carbocycles. The molecule has 2 aromatic rings. The molecule has 1 aliphatic rings. The third kappa shape index (κ3) is 5.97. The van der Waals surface area contributed by atoms with E-state index in [4.69, 9.17) is 9.73 Å². The van der Waals surface area contributed by atoms with Crippen molar-refractivity contribution in [2.45, 2.75) is 64.6 Å². The Morgan fingerprint density at radius 2 is 2.14 bits per heavy atom. The van der Waals surface area contributed by atoms with Crippen LogP contribution in [-0.2, 0) is 19.5 Å². The lowest BCUT2D eigenvalue weighted by molar-refractivity contribution is 0.409. The fourth-order valence-corrected chi connectivity index (χ4v) is 3.57. The summed E-state index contributed by atoms with van der Waals surface area (Å²) in [5, 5.41) is 15.3. The molecule has 0 radical (unpaired) electrons. The minimum Gasteiger partial charge on any atom is -0.497 e. The van der Waals surface area contributed by atoms with Crippen LogP contribution in [0.25, 0.3) is 0 Å². The Morgan fingerprint density at radius 3 is 2.93 bits per heavy atom. The second-order valence-electron chi connectivity index (χ2n) is 7.22. The Balaban J connectivity index is 1.61. The zero-order valence-corrected chi connectivity index (χ0v) is 17.0. The molecule has 1 fully saturated rings. The van der Waals surface area contributed by atoms with Gasteiger partial charge >= 0.3 is 0 Å². The molecule has 3 rings (SSSR count). The number of aryl methyl sites for hydroxylation is 1. The summed E-state index contributed by atoms with van der Waals surface area (Å²) in [6, 6.07) is 8.58.